The normalized spacial score (nSPS) is 13.0. The van der Waals surface area contributed by atoms with Crippen LogP contribution in [0.1, 0.15) is 67.7 Å². The van der Waals surface area contributed by atoms with E-state index in [1.807, 2.05) is 41.5 Å². The standard InChI is InChI=1S/C20H41N5O3.HI/c1-9-10-11-15(14-24-18(27)28-20(5,6)7)25-17(21-8)23-13-12-22-16(26)19(2,3)4;/h15H,9-14H2,1-8H3,(H,22,26)(H,24,27)(H2,21,23,25);1H. The van der Waals surface area contributed by atoms with E-state index in [9.17, 15) is 9.59 Å². The first kappa shape index (κ1) is 29.9. The fourth-order valence-electron chi connectivity index (χ4n) is 2.21. The smallest absolute Gasteiger partial charge is 0.407 e. The third-order valence-corrected chi connectivity index (χ3v) is 3.75. The molecule has 0 aliphatic heterocycles. The lowest BCUT2D eigenvalue weighted by Crippen LogP contribution is -2.50. The van der Waals surface area contributed by atoms with Crippen molar-refractivity contribution in [1.82, 2.24) is 21.3 Å². The van der Waals surface area contributed by atoms with Crippen molar-refractivity contribution in [2.24, 2.45) is 10.4 Å². The number of unbranched alkanes of at least 4 members (excludes halogenated alkanes) is 1. The van der Waals surface area contributed by atoms with E-state index >= 15 is 0 Å². The Balaban J connectivity index is 0. The summed E-state index contributed by atoms with van der Waals surface area (Å²) >= 11 is 0. The molecule has 0 aromatic rings. The molecule has 172 valence electrons. The van der Waals surface area contributed by atoms with Crippen LogP contribution >= 0.6 is 24.0 Å². The largest absolute Gasteiger partial charge is 0.444 e. The van der Waals surface area contributed by atoms with Gasteiger partial charge in [0.1, 0.15) is 5.60 Å². The Morgan fingerprint density at radius 3 is 2.07 bits per heavy atom. The Bertz CT molecular complexity index is 513. The molecule has 4 N–H and O–H groups in total. The summed E-state index contributed by atoms with van der Waals surface area (Å²) in [7, 11) is 1.70. The molecule has 0 radical (unpaired) electrons. The number of hydrogen-bond donors (Lipinski definition) is 4. The molecule has 0 heterocycles. The van der Waals surface area contributed by atoms with E-state index in [0.717, 1.165) is 19.3 Å². The van der Waals surface area contributed by atoms with Gasteiger partial charge in [-0.1, -0.05) is 40.5 Å². The summed E-state index contributed by atoms with van der Waals surface area (Å²) in [5, 5.41) is 12.2. The highest BCUT2D eigenvalue weighted by Gasteiger charge is 2.20. The van der Waals surface area contributed by atoms with E-state index in [2.05, 4.69) is 33.2 Å². The number of nitrogens with one attached hydrogen (secondary N) is 4. The number of nitrogens with zero attached hydrogens (tertiary/aromatic N) is 1. The zero-order valence-electron chi connectivity index (χ0n) is 19.4. The number of ether oxygens (including phenoxy) is 1. The molecular formula is C20H42IN5O3. The van der Waals surface area contributed by atoms with Crippen molar-refractivity contribution in [2.45, 2.75) is 79.4 Å². The van der Waals surface area contributed by atoms with Gasteiger partial charge in [0, 0.05) is 38.1 Å². The maximum absolute atomic E-state index is 11.9. The van der Waals surface area contributed by atoms with E-state index in [-0.39, 0.29) is 35.9 Å². The molecule has 29 heavy (non-hydrogen) atoms. The highest BCUT2D eigenvalue weighted by molar-refractivity contribution is 14.0. The summed E-state index contributed by atoms with van der Waals surface area (Å²) in [5.74, 6) is 0.650. The molecule has 1 unspecified atom stereocenters. The number of aliphatic imine (C=N–C) groups is 1. The molecule has 0 saturated heterocycles. The summed E-state index contributed by atoms with van der Waals surface area (Å²) in [6.07, 6.45) is 2.57. The topological polar surface area (TPSA) is 104 Å². The molecule has 0 spiro atoms. The first-order chi connectivity index (χ1) is 12.9. The van der Waals surface area contributed by atoms with Gasteiger partial charge in [0.05, 0.1) is 0 Å². The molecule has 0 aromatic carbocycles. The van der Waals surface area contributed by atoms with E-state index in [4.69, 9.17) is 4.74 Å². The van der Waals surface area contributed by atoms with Gasteiger partial charge in [0.2, 0.25) is 5.91 Å². The molecule has 1 atom stereocenters. The number of carbonyl (C=O) groups excluding carboxylic acids is 2. The summed E-state index contributed by atoms with van der Waals surface area (Å²) in [6, 6.07) is 0.0304. The third-order valence-electron chi connectivity index (χ3n) is 3.75. The first-order valence-electron chi connectivity index (χ1n) is 10.1. The highest BCUT2D eigenvalue weighted by Crippen LogP contribution is 2.11. The quantitative estimate of drug-likeness (QED) is 0.160. The lowest BCUT2D eigenvalue weighted by Gasteiger charge is -2.24. The summed E-state index contributed by atoms with van der Waals surface area (Å²) < 4.78 is 5.29. The lowest BCUT2D eigenvalue weighted by atomic mass is 9.96. The molecule has 0 bridgehead atoms. The molecule has 0 fully saturated rings. The molecule has 9 heteroatoms. The van der Waals surface area contributed by atoms with Gasteiger partial charge in [-0.2, -0.15) is 0 Å². The van der Waals surface area contributed by atoms with E-state index < -0.39 is 17.1 Å². The number of alkyl carbamates (subject to hydrolysis) is 1. The van der Waals surface area contributed by atoms with Gasteiger partial charge >= 0.3 is 6.09 Å². The monoisotopic (exact) mass is 527 g/mol. The molecule has 0 aromatic heterocycles. The number of guanidine groups is 1. The Morgan fingerprint density at radius 1 is 1.00 bits per heavy atom. The van der Waals surface area contributed by atoms with Gasteiger partial charge in [-0.05, 0) is 27.2 Å². The molecule has 8 nitrogen and oxygen atoms in total. The van der Waals surface area contributed by atoms with Crippen LogP contribution in [0.5, 0.6) is 0 Å². The van der Waals surface area contributed by atoms with Crippen molar-refractivity contribution in [1.29, 1.82) is 0 Å². The maximum Gasteiger partial charge on any atom is 0.407 e. The van der Waals surface area contributed by atoms with Crippen LogP contribution in [0.25, 0.3) is 0 Å². The van der Waals surface area contributed by atoms with Gasteiger partial charge in [0.15, 0.2) is 5.96 Å². The minimum atomic E-state index is -0.522. The summed E-state index contributed by atoms with van der Waals surface area (Å²) in [6.45, 7) is 14.8. The van der Waals surface area contributed by atoms with Crippen LogP contribution in [0, 0.1) is 5.41 Å². The van der Waals surface area contributed by atoms with Gasteiger partial charge < -0.3 is 26.0 Å². The second-order valence-electron chi connectivity index (χ2n) is 8.87. The zero-order valence-corrected chi connectivity index (χ0v) is 21.7. The van der Waals surface area contributed by atoms with Crippen molar-refractivity contribution in [3.63, 3.8) is 0 Å². The van der Waals surface area contributed by atoms with Gasteiger partial charge in [0.25, 0.3) is 0 Å². The molecule has 0 aliphatic rings. The number of hydrogen-bond acceptors (Lipinski definition) is 4. The highest BCUT2D eigenvalue weighted by atomic mass is 127. The van der Waals surface area contributed by atoms with Crippen LogP contribution in [0.2, 0.25) is 0 Å². The Kier molecular flexibility index (Phi) is 15.2. The summed E-state index contributed by atoms with van der Waals surface area (Å²) in [4.78, 5) is 28.0. The number of rotatable bonds is 9. The van der Waals surface area contributed by atoms with E-state index in [1.54, 1.807) is 7.05 Å². The SMILES string of the molecule is CCCCC(CNC(=O)OC(C)(C)C)NC(=NC)NCCNC(=O)C(C)(C)C.I. The molecular weight excluding hydrogens is 485 g/mol. The van der Waals surface area contributed by atoms with Crippen LogP contribution in [-0.4, -0.2) is 56.3 Å². The number of halogens is 1. The number of amides is 2. The Hall–Kier alpha value is -1.26. The maximum atomic E-state index is 11.9. The van der Waals surface area contributed by atoms with Crippen LogP contribution in [0.4, 0.5) is 4.79 Å². The van der Waals surface area contributed by atoms with Crippen molar-refractivity contribution in [2.75, 3.05) is 26.7 Å². The fourth-order valence-corrected chi connectivity index (χ4v) is 2.21. The van der Waals surface area contributed by atoms with Crippen molar-refractivity contribution in [3.05, 3.63) is 0 Å². The Morgan fingerprint density at radius 2 is 1.59 bits per heavy atom. The third kappa shape index (κ3) is 16.2. The lowest BCUT2D eigenvalue weighted by molar-refractivity contribution is -0.128. The van der Waals surface area contributed by atoms with Crippen LogP contribution < -0.4 is 21.3 Å². The minimum absolute atomic E-state index is 0. The summed E-state index contributed by atoms with van der Waals surface area (Å²) in [5.41, 5.74) is -0.927. The van der Waals surface area contributed by atoms with E-state index in [1.165, 1.54) is 0 Å². The van der Waals surface area contributed by atoms with Crippen LogP contribution in [0.15, 0.2) is 4.99 Å². The predicted molar refractivity (Wildman–Crippen MR) is 130 cm³/mol. The molecule has 0 aliphatic carbocycles. The van der Waals surface area contributed by atoms with Gasteiger partial charge in [-0.3, -0.25) is 9.79 Å². The minimum Gasteiger partial charge on any atom is -0.444 e. The van der Waals surface area contributed by atoms with Gasteiger partial charge in [-0.15, -0.1) is 24.0 Å². The zero-order chi connectivity index (χ0) is 21.8. The molecule has 0 rings (SSSR count). The Labute approximate surface area is 193 Å². The average molecular weight is 527 g/mol. The average Bonchev–Trinajstić information content (AvgIpc) is 2.56. The van der Waals surface area contributed by atoms with Crippen LogP contribution in [-0.2, 0) is 9.53 Å². The first-order valence-corrected chi connectivity index (χ1v) is 10.1. The second kappa shape index (κ2) is 14.7. The fraction of sp³-hybridized carbons (Fsp3) is 0.850. The van der Waals surface area contributed by atoms with Crippen molar-refractivity contribution in [3.8, 4) is 0 Å². The van der Waals surface area contributed by atoms with Gasteiger partial charge in [-0.25, -0.2) is 4.79 Å². The van der Waals surface area contributed by atoms with E-state index in [0.29, 0.717) is 25.6 Å². The number of carbonyl (C=O) groups is 2. The molecule has 0 saturated carbocycles. The van der Waals surface area contributed by atoms with Crippen molar-refractivity contribution < 1.29 is 14.3 Å². The second-order valence-corrected chi connectivity index (χ2v) is 8.87. The van der Waals surface area contributed by atoms with Crippen molar-refractivity contribution >= 4 is 41.9 Å². The van der Waals surface area contributed by atoms with Crippen LogP contribution in [0.3, 0.4) is 0 Å². The molecule has 2 amide bonds. The predicted octanol–water partition coefficient (Wildman–Crippen LogP) is 3.02.